The van der Waals surface area contributed by atoms with Gasteiger partial charge < -0.3 is 9.47 Å². The number of nitrogens with zero attached hydrogens (tertiary/aromatic N) is 2. The third-order valence-electron chi connectivity index (χ3n) is 5.28. The Hall–Kier alpha value is -3.53. The minimum absolute atomic E-state index is 0.0000566. The van der Waals surface area contributed by atoms with Gasteiger partial charge in [-0.25, -0.2) is 0 Å². The monoisotopic (exact) mass is 544 g/mol. The molecule has 1 heterocycles. The molecule has 0 aliphatic carbocycles. The van der Waals surface area contributed by atoms with Crippen molar-refractivity contribution in [3.8, 4) is 11.5 Å². The van der Waals surface area contributed by atoms with Crippen LogP contribution in [0.1, 0.15) is 16.7 Å². The average molecular weight is 545 g/mol. The van der Waals surface area contributed by atoms with Crippen LogP contribution in [-0.4, -0.2) is 28.1 Å². The molecule has 0 N–H and O–H groups in total. The van der Waals surface area contributed by atoms with Crippen LogP contribution < -0.4 is 9.47 Å². The van der Waals surface area contributed by atoms with Gasteiger partial charge in [-0.05, 0) is 65.4 Å². The lowest BCUT2D eigenvalue weighted by atomic mass is 10.1. The number of carbonyl (C=O) groups excluding carboxylic acids is 2. The van der Waals surface area contributed by atoms with E-state index >= 15 is 0 Å². The summed E-state index contributed by atoms with van der Waals surface area (Å²) >= 11 is 13.2. The second-order valence-corrected chi connectivity index (χ2v) is 9.40. The Morgan fingerprint density at radius 1 is 1.03 bits per heavy atom. The number of amides is 2. The average Bonchev–Trinajstić information content (AvgIpc) is 3.12. The quantitative estimate of drug-likeness (QED) is 0.176. The minimum atomic E-state index is -0.465. The number of thioether (sulfide) groups is 1. The second-order valence-electron chi connectivity index (χ2n) is 7.59. The van der Waals surface area contributed by atoms with Crippen LogP contribution in [0.3, 0.4) is 0 Å². The summed E-state index contributed by atoms with van der Waals surface area (Å²) in [6, 6.07) is 16.1. The third kappa shape index (κ3) is 5.64. The van der Waals surface area contributed by atoms with E-state index in [1.165, 1.54) is 19.2 Å². The van der Waals surface area contributed by atoms with Crippen molar-refractivity contribution >= 4 is 57.9 Å². The number of halogens is 2. The van der Waals surface area contributed by atoms with Gasteiger partial charge in [-0.2, -0.15) is 0 Å². The Balaban J connectivity index is 1.48. The van der Waals surface area contributed by atoms with Crippen LogP contribution in [0.4, 0.5) is 10.5 Å². The number of ether oxygens (including phenoxy) is 2. The molecule has 8 nitrogen and oxygen atoms in total. The van der Waals surface area contributed by atoms with Gasteiger partial charge in [0.2, 0.25) is 0 Å². The lowest BCUT2D eigenvalue weighted by molar-refractivity contribution is -0.384. The van der Waals surface area contributed by atoms with Gasteiger partial charge in [0, 0.05) is 27.7 Å². The number of non-ortho nitro benzene ring substituents is 1. The zero-order valence-electron chi connectivity index (χ0n) is 18.8. The molecule has 1 fully saturated rings. The molecule has 184 valence electrons. The fourth-order valence-electron chi connectivity index (χ4n) is 3.40. The van der Waals surface area contributed by atoms with Crippen molar-refractivity contribution in [2.75, 3.05) is 7.11 Å². The van der Waals surface area contributed by atoms with E-state index in [4.69, 9.17) is 32.7 Å². The predicted molar refractivity (Wildman–Crippen MR) is 138 cm³/mol. The number of imide groups is 1. The van der Waals surface area contributed by atoms with Crippen molar-refractivity contribution in [1.82, 2.24) is 4.90 Å². The highest BCUT2D eigenvalue weighted by molar-refractivity contribution is 8.18. The number of carbonyl (C=O) groups is 2. The summed E-state index contributed by atoms with van der Waals surface area (Å²) in [6.45, 7) is 0.149. The zero-order valence-corrected chi connectivity index (χ0v) is 21.1. The number of nitro groups is 1. The number of methoxy groups -OCH3 is 1. The van der Waals surface area contributed by atoms with E-state index in [0.29, 0.717) is 32.7 Å². The molecule has 4 rings (SSSR count). The fourth-order valence-corrected chi connectivity index (χ4v) is 4.75. The highest BCUT2D eigenvalue weighted by Gasteiger charge is 2.35. The van der Waals surface area contributed by atoms with Crippen LogP contribution in [0.25, 0.3) is 6.08 Å². The molecule has 36 heavy (non-hydrogen) atoms. The number of nitro benzene ring substituents is 1. The second kappa shape index (κ2) is 11.0. The Morgan fingerprint density at radius 3 is 2.36 bits per heavy atom. The lowest BCUT2D eigenvalue weighted by Crippen LogP contribution is -2.27. The summed E-state index contributed by atoms with van der Waals surface area (Å²) in [6.07, 6.45) is 1.60. The summed E-state index contributed by atoms with van der Waals surface area (Å²) in [5, 5.41) is 11.1. The fraction of sp³-hybridized carbons (Fsp3) is 0.120. The number of hydrogen-bond donors (Lipinski definition) is 0. The highest BCUT2D eigenvalue weighted by Crippen LogP contribution is 2.37. The first-order valence-corrected chi connectivity index (χ1v) is 12.1. The first-order chi connectivity index (χ1) is 17.3. The number of hydrogen-bond acceptors (Lipinski definition) is 7. The smallest absolute Gasteiger partial charge is 0.293 e. The van der Waals surface area contributed by atoms with Gasteiger partial charge in [-0.1, -0.05) is 35.3 Å². The van der Waals surface area contributed by atoms with E-state index < -0.39 is 16.1 Å². The Kier molecular flexibility index (Phi) is 7.83. The summed E-state index contributed by atoms with van der Waals surface area (Å²) in [5.74, 6) is 0.431. The van der Waals surface area contributed by atoms with Crippen LogP contribution in [0.2, 0.25) is 10.0 Å². The van der Waals surface area contributed by atoms with Gasteiger partial charge in [0.05, 0.1) is 23.5 Å². The van der Waals surface area contributed by atoms with E-state index in [0.717, 1.165) is 22.2 Å². The van der Waals surface area contributed by atoms with Crippen molar-refractivity contribution in [2.24, 2.45) is 0 Å². The van der Waals surface area contributed by atoms with Gasteiger partial charge in [-0.15, -0.1) is 0 Å². The number of rotatable bonds is 8. The van der Waals surface area contributed by atoms with Crippen LogP contribution in [0, 0.1) is 10.1 Å². The van der Waals surface area contributed by atoms with Gasteiger partial charge in [0.1, 0.15) is 6.61 Å². The van der Waals surface area contributed by atoms with E-state index in [1.807, 2.05) is 0 Å². The highest BCUT2D eigenvalue weighted by atomic mass is 35.5. The summed E-state index contributed by atoms with van der Waals surface area (Å²) in [7, 11) is 1.49. The molecular formula is C25H18Cl2N2O6S. The van der Waals surface area contributed by atoms with Crippen LogP contribution in [0.5, 0.6) is 11.5 Å². The number of benzene rings is 3. The van der Waals surface area contributed by atoms with Crippen molar-refractivity contribution in [2.45, 2.75) is 13.2 Å². The summed E-state index contributed by atoms with van der Waals surface area (Å²) < 4.78 is 11.2. The maximum absolute atomic E-state index is 12.9. The largest absolute Gasteiger partial charge is 0.493 e. The molecule has 0 aromatic heterocycles. The Bertz CT molecular complexity index is 1360. The Labute approximate surface area is 220 Å². The molecule has 1 aliphatic rings. The standard InChI is InChI=1S/C25H18Cl2N2O6S/c1-34-22-11-16(7-10-21(22)35-14-15-5-8-17(9-6-15)29(32)33)12-23-24(30)28(25(31)36-23)13-18-19(26)3-2-4-20(18)27/h2-12H,13-14H2,1H3/b23-12-. The first kappa shape index (κ1) is 25.6. The molecule has 11 heteroatoms. The van der Waals surface area contributed by atoms with E-state index in [-0.39, 0.29) is 23.7 Å². The van der Waals surface area contributed by atoms with Crippen LogP contribution in [0.15, 0.2) is 65.6 Å². The molecule has 0 unspecified atom stereocenters. The normalized spacial score (nSPS) is 14.4. The van der Waals surface area contributed by atoms with Crippen molar-refractivity contribution in [3.63, 3.8) is 0 Å². The van der Waals surface area contributed by atoms with Crippen molar-refractivity contribution in [1.29, 1.82) is 0 Å². The van der Waals surface area contributed by atoms with Crippen LogP contribution in [-0.2, 0) is 17.9 Å². The molecule has 2 amide bonds. The van der Waals surface area contributed by atoms with Gasteiger partial charge in [0.15, 0.2) is 11.5 Å². The van der Waals surface area contributed by atoms with Crippen molar-refractivity contribution < 1.29 is 24.0 Å². The summed E-state index contributed by atoms with van der Waals surface area (Å²) in [4.78, 5) is 37.1. The third-order valence-corrected chi connectivity index (χ3v) is 6.89. The molecule has 3 aromatic rings. The molecule has 0 atom stereocenters. The van der Waals surface area contributed by atoms with E-state index in [9.17, 15) is 19.7 Å². The minimum Gasteiger partial charge on any atom is -0.493 e. The molecule has 1 aliphatic heterocycles. The molecule has 0 saturated carbocycles. The van der Waals surface area contributed by atoms with Gasteiger partial charge >= 0.3 is 0 Å². The van der Waals surface area contributed by atoms with Crippen LogP contribution >= 0.6 is 35.0 Å². The zero-order chi connectivity index (χ0) is 25.8. The van der Waals surface area contributed by atoms with Gasteiger partial charge in [0.25, 0.3) is 16.8 Å². The molecule has 0 bridgehead atoms. The van der Waals surface area contributed by atoms with E-state index in [2.05, 4.69) is 0 Å². The van der Waals surface area contributed by atoms with E-state index in [1.54, 1.807) is 54.6 Å². The topological polar surface area (TPSA) is 99.0 Å². The lowest BCUT2D eigenvalue weighted by Gasteiger charge is -2.14. The van der Waals surface area contributed by atoms with Gasteiger partial charge in [-0.3, -0.25) is 24.6 Å². The molecule has 0 spiro atoms. The molecule has 1 saturated heterocycles. The molecular weight excluding hydrogens is 527 g/mol. The maximum Gasteiger partial charge on any atom is 0.293 e. The predicted octanol–water partition coefficient (Wildman–Crippen LogP) is 6.73. The first-order valence-electron chi connectivity index (χ1n) is 10.5. The SMILES string of the molecule is COc1cc(/C=C2\SC(=O)N(Cc3c(Cl)cccc3Cl)C2=O)ccc1OCc1ccc([N+](=O)[O-])cc1. The molecule has 0 radical (unpaired) electrons. The Morgan fingerprint density at radius 2 is 1.72 bits per heavy atom. The van der Waals surface area contributed by atoms with Crippen molar-refractivity contribution in [3.05, 3.63) is 102 Å². The molecule has 3 aromatic carbocycles. The maximum atomic E-state index is 12.9. The summed E-state index contributed by atoms with van der Waals surface area (Å²) in [5.41, 5.74) is 1.88.